The Kier molecular flexibility index (Phi) is 17.9. The van der Waals surface area contributed by atoms with Crippen LogP contribution in [0.2, 0.25) is 0 Å². The maximum atomic E-state index is 14.1. The molecule has 13 nitrogen and oxygen atoms in total. The number of amides is 2. The summed E-state index contributed by atoms with van der Waals surface area (Å²) in [5.41, 5.74) is 10.0. The molecule has 2 amide bonds. The van der Waals surface area contributed by atoms with E-state index in [1.54, 1.807) is 7.11 Å². The maximum absolute atomic E-state index is 14.1. The van der Waals surface area contributed by atoms with Gasteiger partial charge in [0.1, 0.15) is 12.1 Å². The Bertz CT molecular complexity index is 2410. The van der Waals surface area contributed by atoms with Crippen LogP contribution in [0.15, 0.2) is 35.8 Å². The van der Waals surface area contributed by atoms with Crippen molar-refractivity contribution in [3.63, 3.8) is 0 Å². The lowest BCUT2D eigenvalue weighted by molar-refractivity contribution is -0.156. The summed E-state index contributed by atoms with van der Waals surface area (Å²) < 4.78 is 54.8. The number of nitrogens with one attached hydrogen (secondary N) is 2. The predicted molar refractivity (Wildman–Crippen MR) is 275 cm³/mol. The number of aromatic nitrogens is 3. The van der Waals surface area contributed by atoms with Crippen molar-refractivity contribution in [1.29, 1.82) is 0 Å². The molecule has 5 atom stereocenters. The molecule has 0 spiro atoms. The maximum Gasteiger partial charge on any atom is 0.392 e. The van der Waals surface area contributed by atoms with Crippen LogP contribution in [0.3, 0.4) is 0 Å². The van der Waals surface area contributed by atoms with Crippen molar-refractivity contribution >= 4 is 99.7 Å². The number of hydrogen-bond acceptors (Lipinski definition) is 11. The Labute approximate surface area is 422 Å². The number of ether oxygens (including phenoxy) is 2. The number of cyclic esters (lactones) is 1. The fraction of sp³-hybridized carbons (Fsp3) is 0.587. The van der Waals surface area contributed by atoms with Crippen LogP contribution in [-0.2, 0) is 43.2 Å². The Morgan fingerprint density at radius 1 is 1.06 bits per heavy atom. The van der Waals surface area contributed by atoms with Crippen LogP contribution in [0.1, 0.15) is 82.2 Å². The number of rotatable bonds is 8. The highest BCUT2D eigenvalue weighted by Crippen LogP contribution is 2.50. The molecule has 4 aromatic rings. The van der Waals surface area contributed by atoms with Crippen molar-refractivity contribution < 1.29 is 37.0 Å². The van der Waals surface area contributed by atoms with Crippen molar-refractivity contribution in [2.75, 3.05) is 51.3 Å². The van der Waals surface area contributed by atoms with Gasteiger partial charge < -0.3 is 24.3 Å². The number of piperazine rings is 1. The third-order valence-corrected chi connectivity index (χ3v) is 14.4. The zero-order valence-electron chi connectivity index (χ0n) is 38.6. The number of anilines is 1. The number of hydrogen-bond donors (Lipinski definition) is 2. The second-order valence-electron chi connectivity index (χ2n) is 18.7. The zero-order valence-corrected chi connectivity index (χ0v) is 43.4. The van der Waals surface area contributed by atoms with Gasteiger partial charge in [0, 0.05) is 91.7 Å². The second kappa shape index (κ2) is 21.9. The molecule has 6 bridgehead atoms. The fourth-order valence-corrected chi connectivity index (χ4v) is 10.5. The van der Waals surface area contributed by atoms with Crippen LogP contribution in [0.5, 0.6) is 0 Å². The minimum Gasteiger partial charge on any atom is -0.464 e. The number of methoxy groups -OCH3 is 1. The van der Waals surface area contributed by atoms with Crippen LogP contribution in [0.25, 0.3) is 33.4 Å². The molecule has 9 rings (SSSR count). The number of pyridine rings is 1. The monoisotopic (exact) mass is 1030 g/mol. The van der Waals surface area contributed by atoms with Crippen molar-refractivity contribution in [2.24, 2.45) is 17.3 Å². The highest BCUT2D eigenvalue weighted by Gasteiger charge is 2.59. The molecule has 3 aliphatic heterocycles. The summed E-state index contributed by atoms with van der Waals surface area (Å²) >= 11 is 1.32. The summed E-state index contributed by atoms with van der Waals surface area (Å²) in [5, 5.41) is 7.40. The molecule has 3 aromatic heterocycles. The van der Waals surface area contributed by atoms with E-state index in [1.807, 2.05) is 24.6 Å². The lowest BCUT2D eigenvalue weighted by Gasteiger charge is -2.36. The Hall–Kier alpha value is -3.18. The fourth-order valence-electron chi connectivity index (χ4n) is 9.68. The molecule has 2 saturated heterocycles. The number of hydrazine groups is 1. The lowest BCUT2D eigenvalue weighted by atomic mass is 9.84. The van der Waals surface area contributed by atoms with Gasteiger partial charge in [-0.2, -0.15) is 67.2 Å². The number of esters is 1. The van der Waals surface area contributed by atoms with Crippen LogP contribution < -0.4 is 15.6 Å². The van der Waals surface area contributed by atoms with E-state index in [1.165, 1.54) is 29.2 Å². The van der Waals surface area contributed by atoms with E-state index in [0.717, 1.165) is 76.9 Å². The second-order valence-corrected chi connectivity index (χ2v) is 19.6. The lowest BCUT2D eigenvalue weighted by Crippen LogP contribution is -2.60. The number of aryl methyl sites for hydroxylation is 1. The number of benzene rings is 1. The Morgan fingerprint density at radius 3 is 2.45 bits per heavy atom. The molecule has 370 valence electrons. The van der Waals surface area contributed by atoms with E-state index in [0.29, 0.717) is 36.5 Å². The zero-order chi connectivity index (χ0) is 44.4. The summed E-state index contributed by atoms with van der Waals surface area (Å²) in [7, 11) is 1.70. The summed E-state index contributed by atoms with van der Waals surface area (Å²) in [5.74, 6) is -4.87. The summed E-state index contributed by atoms with van der Waals surface area (Å²) in [6, 6.07) is 7.24. The average Bonchev–Trinajstić information content (AvgIpc) is 4.22. The van der Waals surface area contributed by atoms with E-state index in [4.69, 9.17) is 19.4 Å². The van der Waals surface area contributed by atoms with Gasteiger partial charge in [-0.05, 0) is 76.1 Å². The SMILES string of the molecule is CCn1c(-c2cc(N3CCN(C4CC4)CC3)cnc2[C@H](C)OC)c2c3cc(ccc31)-c1csc(n1)C[C@H](NC(=O)[C@H]1CC1C(F)(F)F)C(=O)N1CCC[C@H](N1)C(=O)OCC(C)(C)C2.S.S.S.S. The highest BCUT2D eigenvalue weighted by atomic mass is 32.1. The van der Waals surface area contributed by atoms with Crippen LogP contribution in [-0.4, -0.2) is 113 Å². The van der Waals surface area contributed by atoms with Gasteiger partial charge in [-0.3, -0.25) is 29.3 Å². The molecule has 2 aliphatic carbocycles. The van der Waals surface area contributed by atoms with Crippen molar-refractivity contribution in [1.82, 2.24) is 35.2 Å². The van der Waals surface area contributed by atoms with Gasteiger partial charge in [0.25, 0.3) is 5.91 Å². The largest absolute Gasteiger partial charge is 0.464 e. The van der Waals surface area contributed by atoms with Gasteiger partial charge in [-0.1, -0.05) is 19.9 Å². The summed E-state index contributed by atoms with van der Waals surface area (Å²) in [6.45, 7) is 13.2. The number of carbonyl (C=O) groups is 3. The first-order valence-corrected chi connectivity index (χ1v) is 23.2. The van der Waals surface area contributed by atoms with Crippen LogP contribution in [0.4, 0.5) is 18.9 Å². The molecule has 4 fully saturated rings. The number of halogens is 3. The quantitative estimate of drug-likeness (QED) is 0.176. The minimum atomic E-state index is -4.50. The van der Waals surface area contributed by atoms with E-state index in [2.05, 4.69) is 64.1 Å². The molecule has 6 heterocycles. The third-order valence-electron chi connectivity index (χ3n) is 13.5. The first-order chi connectivity index (χ1) is 30.1. The number of nitrogens with zero attached hydrogens (tertiary/aromatic N) is 6. The average molecular weight is 1030 g/mol. The minimum absolute atomic E-state index is 0. The first kappa shape index (κ1) is 54.8. The van der Waals surface area contributed by atoms with E-state index in [9.17, 15) is 27.6 Å². The molecule has 5 aliphatic rings. The van der Waals surface area contributed by atoms with E-state index in [-0.39, 0.29) is 86.1 Å². The standard InChI is InChI=1S/C46H57F3N8O5S.4H2S/c1-6-56-38-12-9-27-18-30(38)33(41(56)32-19-29(23-50-40(32)26(2)61-5)55-16-14-54(15-17-55)28-10-11-28)22-45(3,4)25-62-44(60)35-8-7-13-57(53-35)43(59)36(21-39-51-37(27)24-63-39)52-42(58)31-20-34(31)46(47,48)49;;;;/h9,12,18-19,23-24,26,28,31,34-36,53H,6-8,10-11,13-17,20-22,25H2,1-5H3,(H,52,58);4*1H2/t26-,31-,34?,35-,36-;;;;/m0..../s1. The molecule has 1 unspecified atom stereocenters. The molecule has 0 radical (unpaired) electrons. The molecule has 1 aromatic carbocycles. The number of alkyl halides is 3. The molecular weight excluding hydrogens is 962 g/mol. The predicted octanol–water partition coefficient (Wildman–Crippen LogP) is 7.14. The van der Waals surface area contributed by atoms with Gasteiger partial charge in [0.15, 0.2) is 0 Å². The van der Waals surface area contributed by atoms with E-state index >= 15 is 0 Å². The number of fused-ring (bicyclic) bond motifs is 6. The van der Waals surface area contributed by atoms with E-state index < -0.39 is 53.3 Å². The van der Waals surface area contributed by atoms with Crippen LogP contribution >= 0.6 is 65.3 Å². The summed E-state index contributed by atoms with van der Waals surface area (Å²) in [6.07, 6.45) is 0.849. The van der Waals surface area contributed by atoms with Crippen molar-refractivity contribution in [3.8, 4) is 22.5 Å². The van der Waals surface area contributed by atoms with Gasteiger partial charge in [0.2, 0.25) is 5.91 Å². The van der Waals surface area contributed by atoms with Gasteiger partial charge in [-0.25, -0.2) is 10.4 Å². The number of thiazole rings is 1. The molecule has 2 saturated carbocycles. The highest BCUT2D eigenvalue weighted by molar-refractivity contribution is 7.59. The Balaban J connectivity index is 0.00000210. The first-order valence-electron chi connectivity index (χ1n) is 22.4. The normalized spacial score (nSPS) is 23.6. The Morgan fingerprint density at radius 2 is 1.79 bits per heavy atom. The van der Waals surface area contributed by atoms with Crippen LogP contribution in [0, 0.1) is 17.3 Å². The number of carbonyl (C=O) groups excluding carboxylic acids is 3. The van der Waals surface area contributed by atoms with Gasteiger partial charge >= 0.3 is 12.1 Å². The van der Waals surface area contributed by atoms with Gasteiger partial charge in [-0.15, -0.1) is 11.3 Å². The molecular formula is C46H65F3N8O5S5. The summed E-state index contributed by atoms with van der Waals surface area (Å²) in [4.78, 5) is 56.3. The molecule has 2 N–H and O–H groups in total. The topological polar surface area (TPSA) is 134 Å². The van der Waals surface area contributed by atoms with Gasteiger partial charge in [0.05, 0.1) is 58.5 Å². The molecule has 21 heteroatoms. The van der Waals surface area contributed by atoms with Crippen molar-refractivity contribution in [3.05, 3.63) is 52.1 Å². The molecule has 67 heavy (non-hydrogen) atoms. The van der Waals surface area contributed by atoms with Crippen molar-refractivity contribution in [2.45, 2.75) is 110 Å². The third kappa shape index (κ3) is 11.6. The smallest absolute Gasteiger partial charge is 0.392 e.